The first-order valence-electron chi connectivity index (χ1n) is 4.34. The van der Waals surface area contributed by atoms with Gasteiger partial charge in [0.2, 0.25) is 5.91 Å². The number of hydrogen-bond acceptors (Lipinski definition) is 3. The van der Waals surface area contributed by atoms with E-state index >= 15 is 0 Å². The van der Waals surface area contributed by atoms with Crippen LogP contribution < -0.4 is 16.8 Å². The molecule has 0 radical (unpaired) electrons. The molecule has 1 aliphatic rings. The van der Waals surface area contributed by atoms with Crippen LogP contribution in [0.5, 0.6) is 0 Å². The quantitative estimate of drug-likeness (QED) is 0.590. The molecular weight excluding hydrogens is 190 g/mol. The highest BCUT2D eigenvalue weighted by atomic mass is 35.5. The van der Waals surface area contributed by atoms with Crippen LogP contribution >= 0.6 is 12.4 Å². The van der Waals surface area contributed by atoms with Crippen molar-refractivity contribution in [3.8, 4) is 0 Å². The van der Waals surface area contributed by atoms with Crippen LogP contribution in [-0.2, 0) is 4.79 Å². The molecule has 0 saturated heterocycles. The molecule has 0 aromatic rings. The molecule has 78 valence electrons. The summed E-state index contributed by atoms with van der Waals surface area (Å²) in [6, 6.07) is -0.0894. The SMILES string of the molecule is CC(C)[C@H](N)C(=O)NC1CC1N.Cl. The van der Waals surface area contributed by atoms with Crippen LogP contribution in [0.15, 0.2) is 0 Å². The zero-order valence-corrected chi connectivity index (χ0v) is 8.80. The van der Waals surface area contributed by atoms with Gasteiger partial charge >= 0.3 is 0 Å². The summed E-state index contributed by atoms with van der Waals surface area (Å²) in [7, 11) is 0. The molecule has 1 amide bonds. The second-order valence-corrected chi connectivity index (χ2v) is 3.78. The summed E-state index contributed by atoms with van der Waals surface area (Å²) in [6.45, 7) is 3.86. The minimum Gasteiger partial charge on any atom is -0.350 e. The Balaban J connectivity index is 0.00000144. The van der Waals surface area contributed by atoms with Crippen LogP contribution in [0.4, 0.5) is 0 Å². The Labute approximate surface area is 84.8 Å². The number of nitrogens with one attached hydrogen (secondary N) is 1. The fourth-order valence-corrected chi connectivity index (χ4v) is 0.962. The minimum absolute atomic E-state index is 0. The third kappa shape index (κ3) is 3.50. The third-order valence-corrected chi connectivity index (χ3v) is 2.19. The number of amides is 1. The zero-order valence-electron chi connectivity index (χ0n) is 7.99. The molecule has 2 unspecified atom stereocenters. The van der Waals surface area contributed by atoms with E-state index in [-0.39, 0.29) is 36.3 Å². The van der Waals surface area contributed by atoms with E-state index < -0.39 is 6.04 Å². The van der Waals surface area contributed by atoms with Gasteiger partial charge in [0, 0.05) is 12.1 Å². The minimum atomic E-state index is -0.405. The van der Waals surface area contributed by atoms with Crippen molar-refractivity contribution in [3.05, 3.63) is 0 Å². The molecule has 1 aliphatic carbocycles. The first-order valence-corrected chi connectivity index (χ1v) is 4.34. The Kier molecular flexibility index (Phi) is 4.67. The predicted octanol–water partition coefficient (Wildman–Crippen LogP) is -0.393. The Morgan fingerprint density at radius 2 is 2.00 bits per heavy atom. The highest BCUT2D eigenvalue weighted by molar-refractivity contribution is 5.85. The second-order valence-electron chi connectivity index (χ2n) is 3.78. The highest BCUT2D eigenvalue weighted by Gasteiger charge is 2.35. The van der Waals surface area contributed by atoms with E-state index in [1.165, 1.54) is 0 Å². The van der Waals surface area contributed by atoms with Gasteiger partial charge in [0.1, 0.15) is 0 Å². The summed E-state index contributed by atoms with van der Waals surface area (Å²) < 4.78 is 0. The van der Waals surface area contributed by atoms with Crippen LogP contribution in [0.25, 0.3) is 0 Å². The molecule has 0 aromatic carbocycles. The van der Waals surface area contributed by atoms with Gasteiger partial charge in [0.15, 0.2) is 0 Å². The topological polar surface area (TPSA) is 81.1 Å². The van der Waals surface area contributed by atoms with Crippen molar-refractivity contribution in [1.82, 2.24) is 5.32 Å². The average molecular weight is 208 g/mol. The van der Waals surface area contributed by atoms with Crippen molar-refractivity contribution < 1.29 is 4.79 Å². The van der Waals surface area contributed by atoms with Gasteiger partial charge in [-0.15, -0.1) is 12.4 Å². The molecule has 0 heterocycles. The van der Waals surface area contributed by atoms with Crippen molar-refractivity contribution in [2.45, 2.75) is 38.4 Å². The molecule has 3 atom stereocenters. The maximum absolute atomic E-state index is 11.3. The van der Waals surface area contributed by atoms with Crippen molar-refractivity contribution in [2.75, 3.05) is 0 Å². The van der Waals surface area contributed by atoms with Gasteiger partial charge < -0.3 is 16.8 Å². The second kappa shape index (κ2) is 4.79. The lowest BCUT2D eigenvalue weighted by Gasteiger charge is -2.14. The maximum atomic E-state index is 11.3. The Morgan fingerprint density at radius 3 is 2.31 bits per heavy atom. The third-order valence-electron chi connectivity index (χ3n) is 2.19. The molecule has 5 N–H and O–H groups in total. The van der Waals surface area contributed by atoms with E-state index in [0.29, 0.717) is 0 Å². The highest BCUT2D eigenvalue weighted by Crippen LogP contribution is 2.17. The number of carbonyl (C=O) groups excluding carboxylic acids is 1. The molecule has 0 aliphatic heterocycles. The molecule has 1 saturated carbocycles. The van der Waals surface area contributed by atoms with E-state index in [0.717, 1.165) is 6.42 Å². The van der Waals surface area contributed by atoms with Gasteiger partial charge in [-0.1, -0.05) is 13.8 Å². The number of halogens is 1. The molecular formula is C8H18ClN3O. The summed E-state index contributed by atoms with van der Waals surface area (Å²) in [4.78, 5) is 11.3. The molecule has 0 aromatic heterocycles. The number of hydrogen-bond donors (Lipinski definition) is 3. The van der Waals surface area contributed by atoms with Gasteiger partial charge in [0.05, 0.1) is 6.04 Å². The van der Waals surface area contributed by atoms with Crippen LogP contribution in [-0.4, -0.2) is 24.0 Å². The summed E-state index contributed by atoms with van der Waals surface area (Å²) in [5.74, 6) is 0.0999. The summed E-state index contributed by atoms with van der Waals surface area (Å²) in [5.41, 5.74) is 11.2. The Hall–Kier alpha value is -0.320. The maximum Gasteiger partial charge on any atom is 0.237 e. The summed E-state index contributed by atoms with van der Waals surface area (Å²) in [5, 5.41) is 2.80. The van der Waals surface area contributed by atoms with Gasteiger partial charge in [-0.25, -0.2) is 0 Å². The van der Waals surface area contributed by atoms with Crippen LogP contribution in [0.2, 0.25) is 0 Å². The van der Waals surface area contributed by atoms with Gasteiger partial charge in [0.25, 0.3) is 0 Å². The van der Waals surface area contributed by atoms with Crippen molar-refractivity contribution in [1.29, 1.82) is 0 Å². The van der Waals surface area contributed by atoms with E-state index in [1.807, 2.05) is 13.8 Å². The van der Waals surface area contributed by atoms with Crippen LogP contribution in [0.3, 0.4) is 0 Å². The molecule has 13 heavy (non-hydrogen) atoms. The first-order chi connectivity index (χ1) is 5.52. The molecule has 1 rings (SSSR count). The molecule has 4 nitrogen and oxygen atoms in total. The Morgan fingerprint density at radius 1 is 1.54 bits per heavy atom. The lowest BCUT2D eigenvalue weighted by atomic mass is 10.1. The first kappa shape index (κ1) is 12.7. The van der Waals surface area contributed by atoms with E-state index in [9.17, 15) is 4.79 Å². The van der Waals surface area contributed by atoms with Gasteiger partial charge in [-0.05, 0) is 12.3 Å². The van der Waals surface area contributed by atoms with Crippen LogP contribution in [0, 0.1) is 5.92 Å². The predicted molar refractivity (Wildman–Crippen MR) is 54.6 cm³/mol. The zero-order chi connectivity index (χ0) is 9.30. The summed E-state index contributed by atoms with van der Waals surface area (Å²) >= 11 is 0. The van der Waals surface area contributed by atoms with Gasteiger partial charge in [-0.2, -0.15) is 0 Å². The number of carbonyl (C=O) groups is 1. The number of rotatable bonds is 3. The molecule has 1 fully saturated rings. The van der Waals surface area contributed by atoms with Crippen molar-refractivity contribution in [3.63, 3.8) is 0 Å². The molecule has 0 spiro atoms. The smallest absolute Gasteiger partial charge is 0.237 e. The van der Waals surface area contributed by atoms with Crippen molar-refractivity contribution >= 4 is 18.3 Å². The average Bonchev–Trinajstić information content (AvgIpc) is 2.64. The van der Waals surface area contributed by atoms with Crippen LogP contribution in [0.1, 0.15) is 20.3 Å². The fraction of sp³-hybridized carbons (Fsp3) is 0.875. The Bertz CT molecular complexity index is 186. The van der Waals surface area contributed by atoms with Crippen molar-refractivity contribution in [2.24, 2.45) is 17.4 Å². The molecule has 5 heteroatoms. The largest absolute Gasteiger partial charge is 0.350 e. The van der Waals surface area contributed by atoms with E-state index in [4.69, 9.17) is 11.5 Å². The lowest BCUT2D eigenvalue weighted by molar-refractivity contribution is -0.123. The van der Waals surface area contributed by atoms with Gasteiger partial charge in [-0.3, -0.25) is 4.79 Å². The fourth-order valence-electron chi connectivity index (χ4n) is 0.962. The monoisotopic (exact) mass is 207 g/mol. The standard InChI is InChI=1S/C8H17N3O.ClH/c1-4(2)7(10)8(12)11-6-3-5(6)9;/h4-7H,3,9-10H2,1-2H3,(H,11,12);1H/t5?,6?,7-;/m0./s1. The van der Waals surface area contributed by atoms with E-state index in [2.05, 4.69) is 5.32 Å². The summed E-state index contributed by atoms with van der Waals surface area (Å²) in [6.07, 6.45) is 0.885. The number of nitrogens with two attached hydrogens (primary N) is 2. The lowest BCUT2D eigenvalue weighted by Crippen LogP contribution is -2.45. The molecule has 0 bridgehead atoms. The normalized spacial score (nSPS) is 27.8. The van der Waals surface area contributed by atoms with E-state index in [1.54, 1.807) is 0 Å².